The number of nitrogens with one attached hydrogen (secondary N) is 1. The van der Waals surface area contributed by atoms with Crippen molar-refractivity contribution in [1.82, 2.24) is 20.1 Å². The van der Waals surface area contributed by atoms with Gasteiger partial charge in [0.15, 0.2) is 11.6 Å². The summed E-state index contributed by atoms with van der Waals surface area (Å²) in [4.78, 5) is 24.3. The van der Waals surface area contributed by atoms with Crippen LogP contribution in [0.1, 0.15) is 72.7 Å². The Morgan fingerprint density at radius 3 is 2.83 bits per heavy atom. The van der Waals surface area contributed by atoms with Crippen LogP contribution in [0.2, 0.25) is 0 Å². The zero-order valence-corrected chi connectivity index (χ0v) is 14.8. The average molecular weight is 346 g/mol. The molecule has 0 saturated heterocycles. The van der Waals surface area contributed by atoms with Crippen molar-refractivity contribution in [3.63, 3.8) is 0 Å². The Bertz CT molecular complexity index is 731. The van der Waals surface area contributed by atoms with Crippen molar-refractivity contribution < 1.29 is 9.59 Å². The predicted molar refractivity (Wildman–Crippen MR) is 92.1 cm³/mol. The van der Waals surface area contributed by atoms with Crippen LogP contribution in [-0.2, 0) is 11.2 Å². The summed E-state index contributed by atoms with van der Waals surface area (Å²) in [7, 11) is 0. The fourth-order valence-electron chi connectivity index (χ4n) is 3.22. The van der Waals surface area contributed by atoms with E-state index < -0.39 is 0 Å². The highest BCUT2D eigenvalue weighted by atomic mass is 32.1. The summed E-state index contributed by atoms with van der Waals surface area (Å²) in [6.07, 6.45) is 6.81. The Morgan fingerprint density at radius 1 is 1.42 bits per heavy atom. The molecule has 2 aromatic heterocycles. The van der Waals surface area contributed by atoms with Crippen LogP contribution in [0.25, 0.3) is 0 Å². The van der Waals surface area contributed by atoms with Gasteiger partial charge in [0, 0.05) is 6.04 Å². The van der Waals surface area contributed by atoms with E-state index in [-0.39, 0.29) is 24.2 Å². The topological polar surface area (TPSA) is 76.9 Å². The van der Waals surface area contributed by atoms with Gasteiger partial charge in [-0.15, -0.1) is 21.5 Å². The van der Waals surface area contributed by atoms with Crippen LogP contribution in [-0.4, -0.2) is 26.5 Å². The maximum absolute atomic E-state index is 12.3. The largest absolute Gasteiger partial charge is 0.346 e. The number of amides is 1. The number of nitrogens with zero attached hydrogens (tertiary/aromatic N) is 3. The summed E-state index contributed by atoms with van der Waals surface area (Å²) < 4.78 is 2.11. The Labute approximate surface area is 145 Å². The van der Waals surface area contributed by atoms with Crippen LogP contribution < -0.4 is 5.32 Å². The number of carbonyl (C=O) groups excluding carboxylic acids is 2. The second-order valence-corrected chi connectivity index (χ2v) is 7.29. The maximum Gasteiger partial charge on any atom is 0.225 e. The maximum atomic E-state index is 12.3. The first-order chi connectivity index (χ1) is 11.5. The molecule has 6 nitrogen and oxygen atoms in total. The molecule has 0 radical (unpaired) electrons. The molecule has 1 fully saturated rings. The lowest BCUT2D eigenvalue weighted by Gasteiger charge is -2.18. The van der Waals surface area contributed by atoms with E-state index in [2.05, 4.69) is 20.1 Å². The van der Waals surface area contributed by atoms with E-state index in [1.807, 2.05) is 12.3 Å². The SMILES string of the molecule is CC(=O)c1cc(CC(=O)N[C@H](C)c2nncn2C2CCCC2)cs1. The number of hydrogen-bond donors (Lipinski definition) is 1. The third-order valence-corrected chi connectivity index (χ3v) is 5.53. The Hall–Kier alpha value is -2.02. The molecule has 2 aromatic rings. The molecule has 0 bridgehead atoms. The molecule has 1 aliphatic carbocycles. The van der Waals surface area contributed by atoms with E-state index >= 15 is 0 Å². The van der Waals surface area contributed by atoms with E-state index in [1.54, 1.807) is 12.4 Å². The predicted octanol–water partition coefficient (Wildman–Crippen LogP) is 3.08. The minimum Gasteiger partial charge on any atom is -0.346 e. The summed E-state index contributed by atoms with van der Waals surface area (Å²) in [5, 5.41) is 13.1. The smallest absolute Gasteiger partial charge is 0.225 e. The molecular weight excluding hydrogens is 324 g/mol. The van der Waals surface area contributed by atoms with Crippen LogP contribution in [0.5, 0.6) is 0 Å². The van der Waals surface area contributed by atoms with Crippen LogP contribution in [0.3, 0.4) is 0 Å². The van der Waals surface area contributed by atoms with Gasteiger partial charge in [0.1, 0.15) is 6.33 Å². The molecule has 1 atom stereocenters. The van der Waals surface area contributed by atoms with Crippen molar-refractivity contribution in [1.29, 1.82) is 0 Å². The summed E-state index contributed by atoms with van der Waals surface area (Å²) in [5.74, 6) is 0.769. The van der Waals surface area contributed by atoms with Crippen molar-refractivity contribution in [3.8, 4) is 0 Å². The average Bonchev–Trinajstić information content (AvgIpc) is 3.27. The molecule has 0 aliphatic heterocycles. The highest BCUT2D eigenvalue weighted by Gasteiger charge is 2.23. The molecule has 128 valence electrons. The van der Waals surface area contributed by atoms with Gasteiger partial charge in [-0.25, -0.2) is 0 Å². The van der Waals surface area contributed by atoms with E-state index in [4.69, 9.17) is 0 Å². The number of carbonyl (C=O) groups is 2. The molecule has 1 aliphatic rings. The van der Waals surface area contributed by atoms with Crippen molar-refractivity contribution >= 4 is 23.0 Å². The Morgan fingerprint density at radius 2 is 2.17 bits per heavy atom. The molecule has 0 spiro atoms. The van der Waals surface area contributed by atoms with Crippen LogP contribution in [0.4, 0.5) is 0 Å². The van der Waals surface area contributed by atoms with Gasteiger partial charge in [0.25, 0.3) is 0 Å². The van der Waals surface area contributed by atoms with E-state index in [0.717, 1.165) is 24.2 Å². The van der Waals surface area contributed by atoms with Gasteiger partial charge < -0.3 is 9.88 Å². The zero-order chi connectivity index (χ0) is 17.1. The number of aromatic nitrogens is 3. The molecule has 1 amide bonds. The molecule has 0 aromatic carbocycles. The molecule has 7 heteroatoms. The molecular formula is C17H22N4O2S. The molecule has 3 rings (SSSR count). The highest BCUT2D eigenvalue weighted by Crippen LogP contribution is 2.31. The first-order valence-electron chi connectivity index (χ1n) is 8.31. The first-order valence-corrected chi connectivity index (χ1v) is 9.19. The van der Waals surface area contributed by atoms with Crippen molar-refractivity contribution in [2.75, 3.05) is 0 Å². The number of Topliss-reactive ketones (excluding diaryl/α,β-unsaturated/α-hetero) is 1. The van der Waals surface area contributed by atoms with Gasteiger partial charge in [-0.05, 0) is 43.7 Å². The van der Waals surface area contributed by atoms with Gasteiger partial charge in [0.2, 0.25) is 5.91 Å². The summed E-state index contributed by atoms with van der Waals surface area (Å²) in [6, 6.07) is 2.05. The van der Waals surface area contributed by atoms with Crippen LogP contribution in [0, 0.1) is 0 Å². The van der Waals surface area contributed by atoms with Crippen LogP contribution in [0.15, 0.2) is 17.8 Å². The summed E-state index contributed by atoms with van der Waals surface area (Å²) in [5.41, 5.74) is 0.868. The first kappa shape index (κ1) is 16.8. The normalized spacial score (nSPS) is 16.2. The third-order valence-electron chi connectivity index (χ3n) is 4.45. The van der Waals surface area contributed by atoms with E-state index in [9.17, 15) is 9.59 Å². The van der Waals surface area contributed by atoms with Crippen molar-refractivity contribution in [2.24, 2.45) is 0 Å². The molecule has 1 N–H and O–H groups in total. The Kier molecular flexibility index (Phi) is 5.08. The standard InChI is InChI=1S/C17H22N4O2S/c1-11(17-20-18-10-21(17)14-5-3-4-6-14)19-16(23)8-13-7-15(12(2)22)24-9-13/h7,9-11,14H,3-6,8H2,1-2H3,(H,19,23)/t11-/m1/s1. The molecule has 1 saturated carbocycles. The molecule has 2 heterocycles. The van der Waals surface area contributed by atoms with Gasteiger partial charge in [0.05, 0.1) is 17.3 Å². The fourth-order valence-corrected chi connectivity index (χ4v) is 4.04. The second-order valence-electron chi connectivity index (χ2n) is 6.38. The summed E-state index contributed by atoms with van der Waals surface area (Å²) in [6.45, 7) is 3.47. The van der Waals surface area contributed by atoms with E-state index in [1.165, 1.54) is 31.1 Å². The third kappa shape index (κ3) is 3.72. The number of rotatable bonds is 6. The minimum atomic E-state index is -0.188. The second kappa shape index (κ2) is 7.25. The van der Waals surface area contributed by atoms with Crippen molar-refractivity contribution in [3.05, 3.63) is 34.0 Å². The Balaban J connectivity index is 1.61. The lowest BCUT2D eigenvalue weighted by molar-refractivity contribution is -0.121. The summed E-state index contributed by atoms with van der Waals surface area (Å²) >= 11 is 1.38. The van der Waals surface area contributed by atoms with Gasteiger partial charge in [-0.2, -0.15) is 0 Å². The number of ketones is 1. The minimum absolute atomic E-state index is 0.0321. The highest BCUT2D eigenvalue weighted by molar-refractivity contribution is 7.12. The lowest BCUT2D eigenvalue weighted by Crippen LogP contribution is -2.30. The molecule has 0 unspecified atom stereocenters. The van der Waals surface area contributed by atoms with Gasteiger partial charge >= 0.3 is 0 Å². The monoisotopic (exact) mass is 346 g/mol. The van der Waals surface area contributed by atoms with Crippen LogP contribution >= 0.6 is 11.3 Å². The van der Waals surface area contributed by atoms with Gasteiger partial charge in [-0.1, -0.05) is 12.8 Å². The quantitative estimate of drug-likeness (QED) is 0.816. The van der Waals surface area contributed by atoms with E-state index in [0.29, 0.717) is 10.9 Å². The lowest BCUT2D eigenvalue weighted by atomic mass is 10.2. The zero-order valence-electron chi connectivity index (χ0n) is 14.0. The fraction of sp³-hybridized carbons (Fsp3) is 0.529. The number of hydrogen-bond acceptors (Lipinski definition) is 5. The molecule has 24 heavy (non-hydrogen) atoms. The van der Waals surface area contributed by atoms with Crippen molar-refractivity contribution in [2.45, 2.75) is 58.0 Å². The number of thiophene rings is 1. The van der Waals surface area contributed by atoms with Gasteiger partial charge in [-0.3, -0.25) is 9.59 Å².